The minimum Gasteiger partial charge on any atom is -0.341 e. The Hall–Kier alpha value is -1.10. The van der Waals surface area contributed by atoms with Gasteiger partial charge in [0.1, 0.15) is 0 Å². The van der Waals surface area contributed by atoms with Crippen LogP contribution < -0.4 is 0 Å². The van der Waals surface area contributed by atoms with Crippen LogP contribution in [0.15, 0.2) is 0 Å². The predicted octanol–water partition coefficient (Wildman–Crippen LogP) is 0.0786. The van der Waals surface area contributed by atoms with Crippen molar-refractivity contribution in [3.05, 3.63) is 0 Å². The quantitative estimate of drug-likeness (QED) is 0.532. The number of fused-ring (bicyclic) bond motifs is 1. The van der Waals surface area contributed by atoms with E-state index in [2.05, 4.69) is 0 Å². The molecular weight excluding hydrogens is 244 g/mol. The lowest BCUT2D eigenvalue weighted by Gasteiger charge is -2.19. The highest BCUT2D eigenvalue weighted by Gasteiger charge is 2.52. The molecule has 0 aromatic carbocycles. The van der Waals surface area contributed by atoms with Gasteiger partial charge in [-0.25, -0.2) is 0 Å². The van der Waals surface area contributed by atoms with Crippen molar-refractivity contribution in [3.63, 3.8) is 0 Å². The fourth-order valence-corrected chi connectivity index (χ4v) is 2.73. The van der Waals surface area contributed by atoms with Crippen LogP contribution in [-0.4, -0.2) is 53.0 Å². The summed E-state index contributed by atoms with van der Waals surface area (Å²) in [6.45, 7) is 2.93. The lowest BCUT2D eigenvalue weighted by molar-refractivity contribution is -0.140. The zero-order valence-corrected chi connectivity index (χ0v) is 10.4. The van der Waals surface area contributed by atoms with Crippen LogP contribution in [0, 0.1) is 11.8 Å². The van der Waals surface area contributed by atoms with E-state index < -0.39 is 0 Å². The summed E-state index contributed by atoms with van der Waals surface area (Å²) in [5.74, 6) is -0.734. The van der Waals surface area contributed by atoms with Gasteiger partial charge in [0.15, 0.2) is 0 Å². The summed E-state index contributed by atoms with van der Waals surface area (Å²) >= 11 is 5.51. The number of alkyl halides is 1. The summed E-state index contributed by atoms with van der Waals surface area (Å²) in [6, 6.07) is 0. The van der Waals surface area contributed by atoms with Gasteiger partial charge in [0.2, 0.25) is 17.7 Å². The zero-order valence-electron chi connectivity index (χ0n) is 9.69. The van der Waals surface area contributed by atoms with Crippen molar-refractivity contribution in [3.8, 4) is 0 Å². The first-order valence-electron chi connectivity index (χ1n) is 5.79. The summed E-state index contributed by atoms with van der Waals surface area (Å²) in [6.07, 6.45) is 0.265. The molecule has 2 aliphatic heterocycles. The molecule has 2 fully saturated rings. The Labute approximate surface area is 105 Å². The molecule has 0 N–H and O–H groups in total. The van der Waals surface area contributed by atoms with Crippen LogP contribution in [0.25, 0.3) is 0 Å². The van der Waals surface area contributed by atoms with E-state index in [0.29, 0.717) is 19.6 Å². The number of carbonyl (C=O) groups excluding carboxylic acids is 3. The molecular formula is C11H15ClN2O3. The van der Waals surface area contributed by atoms with Crippen molar-refractivity contribution in [2.75, 3.05) is 25.5 Å². The Morgan fingerprint density at radius 2 is 1.82 bits per heavy atom. The maximum Gasteiger partial charge on any atom is 0.234 e. The third-order valence-electron chi connectivity index (χ3n) is 3.46. The van der Waals surface area contributed by atoms with Gasteiger partial charge in [0, 0.05) is 31.9 Å². The van der Waals surface area contributed by atoms with Gasteiger partial charge >= 0.3 is 0 Å². The Balaban J connectivity index is 2.07. The van der Waals surface area contributed by atoms with Crippen LogP contribution in [0.3, 0.4) is 0 Å². The molecule has 2 atom stereocenters. The lowest BCUT2D eigenvalue weighted by Crippen LogP contribution is -2.37. The van der Waals surface area contributed by atoms with Crippen LogP contribution in [0.2, 0.25) is 0 Å². The second-order valence-electron chi connectivity index (χ2n) is 4.37. The van der Waals surface area contributed by atoms with Crippen LogP contribution in [0.4, 0.5) is 0 Å². The third kappa shape index (κ3) is 1.92. The molecule has 2 heterocycles. The molecule has 94 valence electrons. The Kier molecular flexibility index (Phi) is 3.38. The molecule has 0 spiro atoms. The van der Waals surface area contributed by atoms with Crippen molar-refractivity contribution in [1.29, 1.82) is 0 Å². The standard InChI is InChI=1S/C11H15ClN2O3/c1-2-14-10(16)7-5-13(9(15)3-4-12)6-8(7)11(14)17/h7-8H,2-6H2,1H3/t7-,8-/m0/s1. The molecule has 2 rings (SSSR count). The summed E-state index contributed by atoms with van der Waals surface area (Å²) < 4.78 is 0. The second-order valence-corrected chi connectivity index (χ2v) is 4.75. The van der Waals surface area contributed by atoms with Crippen LogP contribution in [0.1, 0.15) is 13.3 Å². The number of amides is 3. The molecule has 5 nitrogen and oxygen atoms in total. The van der Waals surface area contributed by atoms with Crippen LogP contribution in [-0.2, 0) is 14.4 Å². The first-order chi connectivity index (χ1) is 8.10. The topological polar surface area (TPSA) is 57.7 Å². The third-order valence-corrected chi connectivity index (χ3v) is 3.65. The molecule has 0 aromatic rings. The van der Waals surface area contributed by atoms with Gasteiger partial charge in [0.25, 0.3) is 0 Å². The number of rotatable bonds is 3. The van der Waals surface area contributed by atoms with E-state index in [1.54, 1.807) is 11.8 Å². The number of likely N-dealkylation sites (tertiary alicyclic amines) is 2. The van der Waals surface area contributed by atoms with E-state index >= 15 is 0 Å². The number of halogens is 1. The largest absolute Gasteiger partial charge is 0.341 e. The fourth-order valence-electron chi connectivity index (χ4n) is 2.57. The average molecular weight is 259 g/mol. The molecule has 2 aliphatic rings. The summed E-state index contributed by atoms with van der Waals surface area (Å²) in [5.41, 5.74) is 0. The number of imide groups is 1. The highest BCUT2D eigenvalue weighted by molar-refractivity contribution is 6.19. The van der Waals surface area contributed by atoms with E-state index in [0.717, 1.165) is 0 Å². The van der Waals surface area contributed by atoms with Gasteiger partial charge in [-0.2, -0.15) is 0 Å². The molecule has 0 aliphatic carbocycles. The lowest BCUT2D eigenvalue weighted by atomic mass is 10.00. The molecule has 0 bridgehead atoms. The average Bonchev–Trinajstić information content (AvgIpc) is 2.81. The van der Waals surface area contributed by atoms with Crippen molar-refractivity contribution >= 4 is 29.3 Å². The molecule has 0 saturated carbocycles. The first-order valence-corrected chi connectivity index (χ1v) is 6.32. The molecule has 3 amide bonds. The fraction of sp³-hybridized carbons (Fsp3) is 0.727. The SMILES string of the molecule is CCN1C(=O)[C@H]2CN(C(=O)CCCl)C[C@@H]2C1=O. The maximum atomic E-state index is 11.9. The van der Waals surface area contributed by atoms with Crippen molar-refractivity contribution in [2.24, 2.45) is 11.8 Å². The second kappa shape index (κ2) is 4.64. The van der Waals surface area contributed by atoms with Crippen molar-refractivity contribution in [1.82, 2.24) is 9.80 Å². The van der Waals surface area contributed by atoms with Gasteiger partial charge in [0.05, 0.1) is 11.8 Å². The predicted molar refractivity (Wildman–Crippen MR) is 61.3 cm³/mol. The van der Waals surface area contributed by atoms with E-state index in [-0.39, 0.29) is 41.9 Å². The van der Waals surface area contributed by atoms with Crippen molar-refractivity contribution < 1.29 is 14.4 Å². The highest BCUT2D eigenvalue weighted by Crippen LogP contribution is 2.33. The molecule has 2 saturated heterocycles. The Bertz CT molecular complexity index is 348. The molecule has 17 heavy (non-hydrogen) atoms. The van der Waals surface area contributed by atoms with Gasteiger partial charge in [-0.05, 0) is 6.92 Å². The molecule has 0 unspecified atom stereocenters. The molecule has 6 heteroatoms. The number of carbonyl (C=O) groups is 3. The number of hydrogen-bond donors (Lipinski definition) is 0. The van der Waals surface area contributed by atoms with Gasteiger partial charge in [-0.15, -0.1) is 11.6 Å². The maximum absolute atomic E-state index is 11.9. The number of nitrogens with zero attached hydrogens (tertiary/aromatic N) is 2. The zero-order chi connectivity index (χ0) is 12.6. The minimum atomic E-state index is -0.332. The Morgan fingerprint density at radius 3 is 2.24 bits per heavy atom. The van der Waals surface area contributed by atoms with Gasteiger partial charge in [-0.1, -0.05) is 0 Å². The first kappa shape index (κ1) is 12.4. The molecule has 0 aromatic heterocycles. The monoisotopic (exact) mass is 258 g/mol. The smallest absolute Gasteiger partial charge is 0.234 e. The van der Waals surface area contributed by atoms with E-state index in [1.165, 1.54) is 4.90 Å². The van der Waals surface area contributed by atoms with Gasteiger partial charge < -0.3 is 4.90 Å². The van der Waals surface area contributed by atoms with Gasteiger partial charge in [-0.3, -0.25) is 19.3 Å². The molecule has 0 radical (unpaired) electrons. The van der Waals surface area contributed by atoms with Crippen LogP contribution >= 0.6 is 11.6 Å². The Morgan fingerprint density at radius 1 is 1.29 bits per heavy atom. The van der Waals surface area contributed by atoms with E-state index in [9.17, 15) is 14.4 Å². The van der Waals surface area contributed by atoms with Crippen molar-refractivity contribution in [2.45, 2.75) is 13.3 Å². The normalized spacial score (nSPS) is 27.9. The van der Waals surface area contributed by atoms with E-state index in [1.807, 2.05) is 0 Å². The summed E-state index contributed by atoms with van der Waals surface area (Å²) in [4.78, 5) is 38.3. The minimum absolute atomic E-state index is 0.0713. The summed E-state index contributed by atoms with van der Waals surface area (Å²) in [7, 11) is 0. The van der Waals surface area contributed by atoms with E-state index in [4.69, 9.17) is 11.6 Å². The highest BCUT2D eigenvalue weighted by atomic mass is 35.5. The number of hydrogen-bond acceptors (Lipinski definition) is 3. The van der Waals surface area contributed by atoms with Crippen LogP contribution in [0.5, 0.6) is 0 Å². The summed E-state index contributed by atoms with van der Waals surface area (Å²) in [5, 5.41) is 0.